The van der Waals surface area contributed by atoms with Crippen LogP contribution < -0.4 is 11.1 Å². The van der Waals surface area contributed by atoms with Gasteiger partial charge in [-0.1, -0.05) is 45.7 Å². The average Bonchev–Trinajstić information content (AvgIpc) is 2.39. The Kier molecular flexibility index (Phi) is 4.86. The highest BCUT2D eigenvalue weighted by Crippen LogP contribution is 2.24. The van der Waals surface area contributed by atoms with Crippen molar-refractivity contribution >= 4 is 33.2 Å². The average molecular weight is 340 g/mol. The molecule has 2 rings (SSSR count). The molecule has 0 radical (unpaired) electrons. The molecule has 3 N–H and O–H groups in total. The van der Waals surface area contributed by atoms with Crippen LogP contribution in [0, 0.1) is 6.92 Å². The molecule has 0 aliphatic rings. The number of nitrogens with two attached hydrogens (primary N) is 1. The molecule has 1 atom stereocenters. The zero-order valence-electron chi connectivity index (χ0n) is 10.7. The highest BCUT2D eigenvalue weighted by Gasteiger charge is 2.10. The number of halogens is 2. The maximum absolute atomic E-state index is 5.99. The molecular weight excluding hydrogens is 324 g/mol. The number of aryl methyl sites for hydroxylation is 1. The van der Waals surface area contributed by atoms with Gasteiger partial charge in [-0.05, 0) is 42.3 Å². The Bertz CT molecular complexity index is 572. The lowest BCUT2D eigenvalue weighted by Crippen LogP contribution is -2.20. The van der Waals surface area contributed by atoms with Gasteiger partial charge in [0.15, 0.2) is 0 Å². The summed E-state index contributed by atoms with van der Waals surface area (Å²) in [5.41, 5.74) is 9.21. The molecule has 0 fully saturated rings. The highest BCUT2D eigenvalue weighted by molar-refractivity contribution is 9.10. The van der Waals surface area contributed by atoms with Gasteiger partial charge in [-0.3, -0.25) is 0 Å². The molecule has 2 nitrogen and oxygen atoms in total. The zero-order valence-corrected chi connectivity index (χ0v) is 13.0. The standard InChI is InChI=1S/C15H16BrClN2/c1-10-7-11(5-6-14(10)16)15(9-18)19-13-4-2-3-12(17)8-13/h2-8,15,19H,9,18H2,1H3. The Morgan fingerprint density at radius 2 is 2.05 bits per heavy atom. The summed E-state index contributed by atoms with van der Waals surface area (Å²) in [6, 6.07) is 14.0. The van der Waals surface area contributed by atoms with Crippen molar-refractivity contribution in [1.82, 2.24) is 0 Å². The summed E-state index contributed by atoms with van der Waals surface area (Å²) in [6.45, 7) is 2.59. The number of anilines is 1. The second kappa shape index (κ2) is 6.42. The van der Waals surface area contributed by atoms with Gasteiger partial charge in [0.2, 0.25) is 0 Å². The molecule has 4 heteroatoms. The quantitative estimate of drug-likeness (QED) is 0.859. The van der Waals surface area contributed by atoms with Crippen molar-refractivity contribution < 1.29 is 0 Å². The molecule has 2 aromatic rings. The van der Waals surface area contributed by atoms with E-state index >= 15 is 0 Å². The number of rotatable bonds is 4. The van der Waals surface area contributed by atoms with Gasteiger partial charge in [-0.2, -0.15) is 0 Å². The molecular formula is C15H16BrClN2. The van der Waals surface area contributed by atoms with Crippen molar-refractivity contribution in [1.29, 1.82) is 0 Å². The highest BCUT2D eigenvalue weighted by atomic mass is 79.9. The molecule has 0 aliphatic carbocycles. The second-order valence-electron chi connectivity index (χ2n) is 4.45. The van der Waals surface area contributed by atoms with Gasteiger partial charge in [0.25, 0.3) is 0 Å². The van der Waals surface area contributed by atoms with E-state index in [4.69, 9.17) is 17.3 Å². The Hall–Kier alpha value is -1.03. The molecule has 0 saturated heterocycles. The minimum atomic E-state index is 0.0743. The van der Waals surface area contributed by atoms with Gasteiger partial charge in [-0.15, -0.1) is 0 Å². The summed E-state index contributed by atoms with van der Waals surface area (Å²) in [7, 11) is 0. The van der Waals surface area contributed by atoms with Crippen LogP contribution in [-0.4, -0.2) is 6.54 Å². The first-order valence-electron chi connectivity index (χ1n) is 6.08. The van der Waals surface area contributed by atoms with Crippen molar-refractivity contribution in [3.05, 3.63) is 63.1 Å². The molecule has 0 amide bonds. The number of hydrogen-bond donors (Lipinski definition) is 2. The van der Waals surface area contributed by atoms with E-state index in [-0.39, 0.29) is 6.04 Å². The third-order valence-electron chi connectivity index (χ3n) is 2.99. The fourth-order valence-corrected chi connectivity index (χ4v) is 2.38. The first-order chi connectivity index (χ1) is 9.10. The summed E-state index contributed by atoms with van der Waals surface area (Å²) in [6.07, 6.45) is 0. The number of hydrogen-bond acceptors (Lipinski definition) is 2. The normalized spacial score (nSPS) is 12.2. The van der Waals surface area contributed by atoms with E-state index in [2.05, 4.69) is 40.3 Å². The van der Waals surface area contributed by atoms with Crippen molar-refractivity contribution in [2.24, 2.45) is 5.73 Å². The molecule has 0 bridgehead atoms. The fraction of sp³-hybridized carbons (Fsp3) is 0.200. The van der Waals surface area contributed by atoms with E-state index in [0.717, 1.165) is 10.2 Å². The molecule has 1 unspecified atom stereocenters. The largest absolute Gasteiger partial charge is 0.377 e. The Morgan fingerprint density at radius 1 is 1.26 bits per heavy atom. The predicted octanol–water partition coefficient (Wildman–Crippen LogP) is 4.52. The molecule has 19 heavy (non-hydrogen) atoms. The summed E-state index contributed by atoms with van der Waals surface area (Å²) in [5.74, 6) is 0. The van der Waals surface area contributed by atoms with Crippen LogP contribution in [0.4, 0.5) is 5.69 Å². The van der Waals surface area contributed by atoms with E-state index < -0.39 is 0 Å². The Morgan fingerprint density at radius 3 is 2.68 bits per heavy atom. The summed E-state index contributed by atoms with van der Waals surface area (Å²) >= 11 is 9.49. The zero-order chi connectivity index (χ0) is 13.8. The lowest BCUT2D eigenvalue weighted by Gasteiger charge is -2.19. The van der Waals surface area contributed by atoms with E-state index in [0.29, 0.717) is 11.6 Å². The van der Waals surface area contributed by atoms with Crippen LogP contribution in [0.1, 0.15) is 17.2 Å². The van der Waals surface area contributed by atoms with Crippen LogP contribution in [0.15, 0.2) is 46.9 Å². The monoisotopic (exact) mass is 338 g/mol. The predicted molar refractivity (Wildman–Crippen MR) is 85.7 cm³/mol. The van der Waals surface area contributed by atoms with Crippen LogP contribution in [0.2, 0.25) is 5.02 Å². The van der Waals surface area contributed by atoms with Crippen molar-refractivity contribution in [2.45, 2.75) is 13.0 Å². The first kappa shape index (κ1) is 14.4. The van der Waals surface area contributed by atoms with E-state index in [1.165, 1.54) is 11.1 Å². The molecule has 100 valence electrons. The van der Waals surface area contributed by atoms with E-state index in [1.54, 1.807) is 0 Å². The fourth-order valence-electron chi connectivity index (χ4n) is 1.94. The third kappa shape index (κ3) is 3.72. The number of nitrogens with one attached hydrogen (secondary N) is 1. The van der Waals surface area contributed by atoms with Crippen LogP contribution in [0.3, 0.4) is 0 Å². The van der Waals surface area contributed by atoms with Gasteiger partial charge in [0, 0.05) is 21.7 Å². The molecule has 0 heterocycles. The molecule has 0 aromatic heterocycles. The summed E-state index contributed by atoms with van der Waals surface area (Å²) < 4.78 is 1.11. The van der Waals surface area contributed by atoms with Gasteiger partial charge >= 0.3 is 0 Å². The lowest BCUT2D eigenvalue weighted by molar-refractivity contribution is 0.789. The molecule has 0 saturated carbocycles. The third-order valence-corrected chi connectivity index (χ3v) is 4.11. The topological polar surface area (TPSA) is 38.0 Å². The van der Waals surface area contributed by atoms with Gasteiger partial charge in [0.05, 0.1) is 6.04 Å². The van der Waals surface area contributed by atoms with Crippen molar-refractivity contribution in [2.75, 3.05) is 11.9 Å². The number of benzene rings is 2. The lowest BCUT2D eigenvalue weighted by atomic mass is 10.0. The smallest absolute Gasteiger partial charge is 0.0636 e. The van der Waals surface area contributed by atoms with Crippen LogP contribution in [0.5, 0.6) is 0 Å². The minimum absolute atomic E-state index is 0.0743. The van der Waals surface area contributed by atoms with Crippen molar-refractivity contribution in [3.63, 3.8) is 0 Å². The second-order valence-corrected chi connectivity index (χ2v) is 5.74. The maximum Gasteiger partial charge on any atom is 0.0636 e. The van der Waals surface area contributed by atoms with Crippen LogP contribution >= 0.6 is 27.5 Å². The molecule has 0 aliphatic heterocycles. The summed E-state index contributed by atoms with van der Waals surface area (Å²) in [5, 5.41) is 4.12. The van der Waals surface area contributed by atoms with Gasteiger partial charge < -0.3 is 11.1 Å². The van der Waals surface area contributed by atoms with Crippen LogP contribution in [0.25, 0.3) is 0 Å². The Balaban J connectivity index is 2.22. The summed E-state index contributed by atoms with van der Waals surface area (Å²) in [4.78, 5) is 0. The van der Waals surface area contributed by atoms with E-state index in [9.17, 15) is 0 Å². The Labute approximate surface area is 127 Å². The molecule has 2 aromatic carbocycles. The van der Waals surface area contributed by atoms with Crippen molar-refractivity contribution in [3.8, 4) is 0 Å². The first-order valence-corrected chi connectivity index (χ1v) is 7.25. The SMILES string of the molecule is Cc1cc(C(CN)Nc2cccc(Cl)c2)ccc1Br. The minimum Gasteiger partial charge on any atom is -0.377 e. The van der Waals surface area contributed by atoms with Gasteiger partial charge in [0.1, 0.15) is 0 Å². The van der Waals surface area contributed by atoms with Gasteiger partial charge in [-0.25, -0.2) is 0 Å². The van der Waals surface area contributed by atoms with E-state index in [1.807, 2.05) is 30.3 Å². The maximum atomic E-state index is 5.99. The van der Waals surface area contributed by atoms with Crippen LogP contribution in [-0.2, 0) is 0 Å². The molecule has 0 spiro atoms.